The first-order valence-corrected chi connectivity index (χ1v) is 11.6. The van der Waals surface area contributed by atoms with Crippen LogP contribution in [0.15, 0.2) is 36.7 Å². The highest BCUT2D eigenvalue weighted by Gasteiger charge is 2.50. The third kappa shape index (κ3) is 3.95. The van der Waals surface area contributed by atoms with E-state index in [9.17, 15) is 9.59 Å². The molecule has 0 unspecified atom stereocenters. The lowest BCUT2D eigenvalue weighted by atomic mass is 9.60. The molecule has 9 nitrogen and oxygen atoms in total. The molecule has 0 bridgehead atoms. The van der Waals surface area contributed by atoms with Gasteiger partial charge in [-0.15, -0.1) is 10.2 Å². The smallest absolute Gasteiger partial charge is 0.274 e. The van der Waals surface area contributed by atoms with Crippen LogP contribution < -0.4 is 10.6 Å². The van der Waals surface area contributed by atoms with E-state index in [1.54, 1.807) is 6.33 Å². The summed E-state index contributed by atoms with van der Waals surface area (Å²) in [5.74, 6) is 0.494. The van der Waals surface area contributed by atoms with Crippen molar-refractivity contribution in [1.29, 1.82) is 0 Å². The number of aldehydes is 1. The molecule has 1 aliphatic heterocycles. The number of carbonyl (C=O) groups is 2. The van der Waals surface area contributed by atoms with Gasteiger partial charge in [0.05, 0.1) is 11.4 Å². The van der Waals surface area contributed by atoms with Crippen LogP contribution in [0.4, 0.5) is 11.4 Å². The Bertz CT molecular complexity index is 1360. The summed E-state index contributed by atoms with van der Waals surface area (Å²) >= 11 is 0. The van der Waals surface area contributed by atoms with E-state index in [-0.39, 0.29) is 28.5 Å². The molecule has 1 fully saturated rings. The molecule has 0 radical (unpaired) electrons. The van der Waals surface area contributed by atoms with Crippen molar-refractivity contribution in [2.45, 2.75) is 50.0 Å². The normalized spacial score (nSPS) is 21.8. The molecule has 1 amide bonds. The molecule has 2 aromatic heterocycles. The van der Waals surface area contributed by atoms with Crippen LogP contribution in [0.2, 0.25) is 0 Å². The van der Waals surface area contributed by atoms with Gasteiger partial charge in [-0.1, -0.05) is 26.0 Å². The van der Waals surface area contributed by atoms with E-state index in [1.807, 2.05) is 49.7 Å². The molecule has 1 aliphatic carbocycles. The molecule has 35 heavy (non-hydrogen) atoms. The number of hydrogen-bond acceptors (Lipinski definition) is 6. The number of nitrogens with one attached hydrogen (secondary N) is 2. The molecule has 2 N–H and O–H groups in total. The Kier molecular flexibility index (Phi) is 5.39. The van der Waals surface area contributed by atoms with Crippen molar-refractivity contribution in [3.63, 3.8) is 0 Å². The van der Waals surface area contributed by atoms with Crippen LogP contribution in [-0.2, 0) is 24.3 Å². The molecular weight excluding hydrogens is 442 g/mol. The maximum atomic E-state index is 13.2. The molecule has 3 aromatic rings. The van der Waals surface area contributed by atoms with Crippen LogP contribution in [0.1, 0.15) is 64.6 Å². The molecule has 3 heterocycles. The molecule has 0 atom stereocenters. The Hall–Kier alpha value is -4.06. The summed E-state index contributed by atoms with van der Waals surface area (Å²) in [6.45, 7) is 12.2. The zero-order chi connectivity index (χ0) is 24.8. The highest BCUT2D eigenvalue weighted by Crippen LogP contribution is 2.48. The van der Waals surface area contributed by atoms with E-state index < -0.39 is 0 Å². The van der Waals surface area contributed by atoms with Crippen LogP contribution in [-0.4, -0.2) is 44.5 Å². The standard InChI is InChI=1S/C26H27N7O2/c1-25(2)14-28-22-16(13-34)8-20(31-23(22)25)24(35)30-18-7-5-6-17(9-18)26(10-19(11-26)27-3)12-21-32-29-15-33(21)4/h5-9,13,15,19,28H,10-12,14H2,1-2,4H3,(H,30,35). The first-order valence-electron chi connectivity index (χ1n) is 11.6. The van der Waals surface area contributed by atoms with Gasteiger partial charge in [-0.2, -0.15) is 0 Å². The largest absolute Gasteiger partial charge is 0.382 e. The fourth-order valence-electron chi connectivity index (χ4n) is 5.15. The maximum Gasteiger partial charge on any atom is 0.274 e. The second-order valence-electron chi connectivity index (χ2n) is 10.2. The van der Waals surface area contributed by atoms with Crippen molar-refractivity contribution in [3.05, 3.63) is 76.4 Å². The van der Waals surface area contributed by atoms with Crippen molar-refractivity contribution in [1.82, 2.24) is 19.7 Å². The molecule has 0 spiro atoms. The third-order valence-corrected chi connectivity index (χ3v) is 7.23. The molecule has 1 saturated carbocycles. The van der Waals surface area contributed by atoms with Crippen molar-refractivity contribution >= 4 is 23.6 Å². The lowest BCUT2D eigenvalue weighted by Crippen LogP contribution is -2.45. The summed E-state index contributed by atoms with van der Waals surface area (Å²) in [4.78, 5) is 33.2. The van der Waals surface area contributed by atoms with Gasteiger partial charge in [0.1, 0.15) is 17.8 Å². The zero-order valence-corrected chi connectivity index (χ0v) is 20.0. The topological polar surface area (TPSA) is 106 Å². The molecule has 2 aliphatic rings. The number of nitrogens with zero attached hydrogens (tertiary/aromatic N) is 5. The fourth-order valence-corrected chi connectivity index (χ4v) is 5.15. The van der Waals surface area contributed by atoms with Crippen LogP contribution in [0.5, 0.6) is 0 Å². The number of pyridine rings is 1. The SMILES string of the molecule is [C-]#[N+]C1CC(Cc2nncn2C)(c2cccc(NC(=O)c3cc(C=O)c4c(n3)C(C)(C)CN4)c2)C1. The van der Waals surface area contributed by atoms with Crippen LogP contribution >= 0.6 is 0 Å². The Morgan fingerprint density at radius 3 is 2.83 bits per heavy atom. The molecule has 1 aromatic carbocycles. The minimum absolute atomic E-state index is 0.0178. The lowest BCUT2D eigenvalue weighted by Gasteiger charge is -2.42. The highest BCUT2D eigenvalue weighted by atomic mass is 16.2. The van der Waals surface area contributed by atoms with Gasteiger partial charge < -0.3 is 20.0 Å². The van der Waals surface area contributed by atoms with E-state index >= 15 is 0 Å². The zero-order valence-electron chi connectivity index (χ0n) is 20.0. The minimum atomic E-state index is -0.370. The molecule has 9 heteroatoms. The van der Waals surface area contributed by atoms with Gasteiger partial charge in [0.2, 0.25) is 6.04 Å². The molecule has 178 valence electrons. The summed E-state index contributed by atoms with van der Waals surface area (Å²) in [6.07, 6.45) is 4.57. The monoisotopic (exact) mass is 469 g/mol. The number of benzene rings is 1. The van der Waals surface area contributed by atoms with Gasteiger partial charge in [-0.05, 0) is 23.8 Å². The first-order chi connectivity index (χ1) is 16.7. The van der Waals surface area contributed by atoms with Gasteiger partial charge in [-0.3, -0.25) is 9.59 Å². The summed E-state index contributed by atoms with van der Waals surface area (Å²) in [5.41, 5.74) is 3.25. The fraction of sp³-hybridized carbons (Fsp3) is 0.385. The van der Waals surface area contributed by atoms with E-state index in [0.29, 0.717) is 29.9 Å². The van der Waals surface area contributed by atoms with Crippen molar-refractivity contribution in [2.24, 2.45) is 7.05 Å². The van der Waals surface area contributed by atoms with E-state index in [4.69, 9.17) is 6.57 Å². The van der Waals surface area contributed by atoms with Gasteiger partial charge in [0.15, 0.2) is 6.29 Å². The summed E-state index contributed by atoms with van der Waals surface area (Å²) < 4.78 is 1.90. The number of amides is 1. The van der Waals surface area contributed by atoms with Gasteiger partial charge in [-0.25, -0.2) is 11.6 Å². The predicted octanol–water partition coefficient (Wildman–Crippen LogP) is 3.54. The number of anilines is 2. The number of hydrogen-bond donors (Lipinski definition) is 2. The van der Waals surface area contributed by atoms with E-state index in [2.05, 4.69) is 30.7 Å². The second kappa shape index (κ2) is 8.31. The molecular formula is C26H27N7O2. The van der Waals surface area contributed by atoms with E-state index in [0.717, 1.165) is 36.2 Å². The lowest BCUT2D eigenvalue weighted by molar-refractivity contribution is 0.102. The third-order valence-electron chi connectivity index (χ3n) is 7.23. The number of carbonyl (C=O) groups excluding carboxylic acids is 2. The number of fused-ring (bicyclic) bond motifs is 1. The number of rotatable bonds is 6. The van der Waals surface area contributed by atoms with Crippen molar-refractivity contribution in [2.75, 3.05) is 17.2 Å². The van der Waals surface area contributed by atoms with Crippen LogP contribution in [0.25, 0.3) is 4.85 Å². The van der Waals surface area contributed by atoms with Crippen molar-refractivity contribution < 1.29 is 9.59 Å². The first kappa shape index (κ1) is 22.7. The van der Waals surface area contributed by atoms with Crippen LogP contribution in [0, 0.1) is 6.57 Å². The van der Waals surface area contributed by atoms with E-state index in [1.165, 1.54) is 6.07 Å². The van der Waals surface area contributed by atoms with Gasteiger partial charge in [0.25, 0.3) is 5.91 Å². The Morgan fingerprint density at radius 1 is 1.34 bits per heavy atom. The summed E-state index contributed by atoms with van der Waals surface area (Å²) in [7, 11) is 1.92. The molecule has 0 saturated heterocycles. The van der Waals surface area contributed by atoms with Gasteiger partial charge >= 0.3 is 0 Å². The second-order valence-corrected chi connectivity index (χ2v) is 10.2. The summed E-state index contributed by atoms with van der Waals surface area (Å²) in [5, 5.41) is 14.4. The highest BCUT2D eigenvalue weighted by molar-refractivity contribution is 6.04. The minimum Gasteiger partial charge on any atom is -0.382 e. The molecule has 5 rings (SSSR count). The number of aryl methyl sites for hydroxylation is 1. The average Bonchev–Trinajstić information content (AvgIpc) is 3.37. The Balaban J connectivity index is 1.43. The quantitative estimate of drug-likeness (QED) is 0.423. The Labute approximate surface area is 203 Å². The Morgan fingerprint density at radius 2 is 2.14 bits per heavy atom. The van der Waals surface area contributed by atoms with Crippen molar-refractivity contribution in [3.8, 4) is 0 Å². The predicted molar refractivity (Wildman–Crippen MR) is 132 cm³/mol. The number of aromatic nitrogens is 4. The van der Waals surface area contributed by atoms with Crippen LogP contribution in [0.3, 0.4) is 0 Å². The average molecular weight is 470 g/mol. The van der Waals surface area contributed by atoms with Gasteiger partial charge in [0, 0.05) is 54.9 Å². The summed E-state index contributed by atoms with van der Waals surface area (Å²) in [6, 6.07) is 9.26. The maximum absolute atomic E-state index is 13.2.